The van der Waals surface area contributed by atoms with Crippen LogP contribution in [0.15, 0.2) is 29.3 Å². The monoisotopic (exact) mass is 549 g/mol. The van der Waals surface area contributed by atoms with Gasteiger partial charge in [-0.1, -0.05) is 39.8 Å². The minimum Gasteiger partial charge on any atom is -0.508 e. The molecule has 1 aromatic carbocycles. The van der Waals surface area contributed by atoms with E-state index in [-0.39, 0.29) is 37.0 Å². The number of phenolic OH excluding ortho intramolecular Hbond substituents is 1. The second-order valence-electron chi connectivity index (χ2n) is 10.2. The zero-order chi connectivity index (χ0) is 29.7. The fourth-order valence-corrected chi connectivity index (χ4v) is 3.78. The summed E-state index contributed by atoms with van der Waals surface area (Å²) in [5, 5.41) is 26.9. The maximum atomic E-state index is 13.4. The van der Waals surface area contributed by atoms with Crippen molar-refractivity contribution in [1.82, 2.24) is 16.0 Å². The molecule has 39 heavy (non-hydrogen) atoms. The first kappa shape index (κ1) is 33.2. The number of nitrogens with one attached hydrogen (secondary N) is 3. The molecule has 218 valence electrons. The van der Waals surface area contributed by atoms with Crippen molar-refractivity contribution in [2.45, 2.75) is 77.5 Å². The van der Waals surface area contributed by atoms with Crippen LogP contribution in [0.3, 0.4) is 0 Å². The standard InChI is InChI=1S/C26H43N7O6/c1-14(2)12-18(27)22(35)32-20(13-16-7-9-17(34)10-8-16)24(37)31-19(6-5-11-30-26(28)29)23(36)33-21(15(3)4)25(38)39/h7-10,14-15,18-21,34H,5-6,11-13,27H2,1-4H3,(H,31,37)(H,32,35)(H,33,36)(H,38,39)(H4,28,29,30). The van der Waals surface area contributed by atoms with Crippen molar-refractivity contribution in [3.8, 4) is 5.75 Å². The number of guanidine groups is 1. The minimum atomic E-state index is -1.21. The number of nitrogens with zero attached hydrogens (tertiary/aromatic N) is 1. The summed E-state index contributed by atoms with van der Waals surface area (Å²) < 4.78 is 0. The van der Waals surface area contributed by atoms with Gasteiger partial charge in [-0.05, 0) is 48.8 Å². The topological polar surface area (TPSA) is 235 Å². The second kappa shape index (κ2) is 16.2. The van der Waals surface area contributed by atoms with E-state index < -0.39 is 53.8 Å². The van der Waals surface area contributed by atoms with Crippen LogP contribution >= 0.6 is 0 Å². The lowest BCUT2D eigenvalue weighted by molar-refractivity contribution is -0.143. The molecule has 0 saturated heterocycles. The Morgan fingerprint density at radius 2 is 1.46 bits per heavy atom. The zero-order valence-corrected chi connectivity index (χ0v) is 23.0. The highest BCUT2D eigenvalue weighted by Gasteiger charge is 2.31. The maximum absolute atomic E-state index is 13.4. The van der Waals surface area contributed by atoms with Gasteiger partial charge in [0.1, 0.15) is 23.9 Å². The summed E-state index contributed by atoms with van der Waals surface area (Å²) in [4.78, 5) is 54.8. The molecule has 0 aliphatic rings. The number of rotatable bonds is 16. The normalized spacial score (nSPS) is 14.1. The summed E-state index contributed by atoms with van der Waals surface area (Å²) in [6.45, 7) is 7.32. The zero-order valence-electron chi connectivity index (χ0n) is 23.0. The van der Waals surface area contributed by atoms with Crippen molar-refractivity contribution in [3.05, 3.63) is 29.8 Å². The van der Waals surface area contributed by atoms with Gasteiger partial charge in [0.25, 0.3) is 0 Å². The molecular formula is C26H43N7O6. The van der Waals surface area contributed by atoms with Gasteiger partial charge < -0.3 is 43.4 Å². The van der Waals surface area contributed by atoms with Crippen molar-refractivity contribution in [2.24, 2.45) is 34.0 Å². The van der Waals surface area contributed by atoms with Gasteiger partial charge >= 0.3 is 5.97 Å². The van der Waals surface area contributed by atoms with E-state index in [9.17, 15) is 29.4 Å². The molecule has 0 bridgehead atoms. The molecule has 1 rings (SSSR count). The summed E-state index contributed by atoms with van der Waals surface area (Å²) >= 11 is 0. The van der Waals surface area contributed by atoms with Gasteiger partial charge in [-0.25, -0.2) is 4.79 Å². The van der Waals surface area contributed by atoms with E-state index in [4.69, 9.17) is 17.2 Å². The van der Waals surface area contributed by atoms with Crippen molar-refractivity contribution in [1.29, 1.82) is 0 Å². The average Bonchev–Trinajstić information content (AvgIpc) is 2.83. The molecule has 0 aromatic heterocycles. The Kier molecular flexibility index (Phi) is 13.7. The third kappa shape index (κ3) is 12.5. The van der Waals surface area contributed by atoms with Crippen LogP contribution in [0, 0.1) is 11.8 Å². The highest BCUT2D eigenvalue weighted by Crippen LogP contribution is 2.13. The lowest BCUT2D eigenvalue weighted by Gasteiger charge is -2.26. The molecular weight excluding hydrogens is 506 g/mol. The van der Waals surface area contributed by atoms with Crippen molar-refractivity contribution < 1.29 is 29.4 Å². The molecule has 1 aromatic rings. The quantitative estimate of drug-likeness (QED) is 0.0756. The molecule has 13 nitrogen and oxygen atoms in total. The lowest BCUT2D eigenvalue weighted by Crippen LogP contribution is -2.58. The Hall–Kier alpha value is -3.87. The number of aromatic hydroxyl groups is 1. The smallest absolute Gasteiger partial charge is 0.326 e. The number of carbonyl (C=O) groups excluding carboxylic acids is 3. The number of hydrogen-bond donors (Lipinski definition) is 8. The first-order chi connectivity index (χ1) is 18.2. The number of carboxylic acids is 1. The molecule has 13 heteroatoms. The summed E-state index contributed by atoms with van der Waals surface area (Å²) in [5.74, 6) is -3.43. The summed E-state index contributed by atoms with van der Waals surface area (Å²) in [5.41, 5.74) is 17.4. The van der Waals surface area contributed by atoms with E-state index in [1.807, 2.05) is 13.8 Å². The van der Waals surface area contributed by atoms with Crippen molar-refractivity contribution >= 4 is 29.7 Å². The molecule has 3 amide bonds. The molecule has 0 heterocycles. The van der Waals surface area contributed by atoms with Crippen LogP contribution in [-0.4, -0.2) is 70.6 Å². The Labute approximate surface area is 229 Å². The number of aliphatic carboxylic acids is 1. The molecule has 4 atom stereocenters. The first-order valence-electron chi connectivity index (χ1n) is 12.9. The minimum absolute atomic E-state index is 0.0402. The van der Waals surface area contributed by atoms with Gasteiger partial charge in [-0.2, -0.15) is 0 Å². The van der Waals surface area contributed by atoms with Crippen LogP contribution in [-0.2, 0) is 25.6 Å². The molecule has 0 aliphatic carbocycles. The molecule has 0 saturated carbocycles. The van der Waals surface area contributed by atoms with E-state index >= 15 is 0 Å². The van der Waals surface area contributed by atoms with Crippen molar-refractivity contribution in [2.75, 3.05) is 6.54 Å². The Balaban J connectivity index is 3.18. The Morgan fingerprint density at radius 1 is 0.897 bits per heavy atom. The van der Waals surface area contributed by atoms with E-state index in [0.717, 1.165) is 0 Å². The highest BCUT2D eigenvalue weighted by atomic mass is 16.4. The van der Waals surface area contributed by atoms with Gasteiger partial charge in [0.15, 0.2) is 5.96 Å². The number of amides is 3. The van der Waals surface area contributed by atoms with Crippen molar-refractivity contribution in [3.63, 3.8) is 0 Å². The lowest BCUT2D eigenvalue weighted by atomic mass is 10.0. The second-order valence-corrected chi connectivity index (χ2v) is 10.2. The third-order valence-corrected chi connectivity index (χ3v) is 5.88. The summed E-state index contributed by atoms with van der Waals surface area (Å²) in [7, 11) is 0. The van der Waals surface area contributed by atoms with Crippen LogP contribution in [0.2, 0.25) is 0 Å². The molecule has 0 fully saturated rings. The van der Waals surface area contributed by atoms with Gasteiger partial charge in [0.05, 0.1) is 6.04 Å². The first-order valence-corrected chi connectivity index (χ1v) is 12.9. The van der Waals surface area contributed by atoms with E-state index in [0.29, 0.717) is 18.4 Å². The molecule has 11 N–H and O–H groups in total. The predicted octanol–water partition coefficient (Wildman–Crippen LogP) is -0.443. The van der Waals surface area contributed by atoms with Gasteiger partial charge in [-0.3, -0.25) is 19.4 Å². The highest BCUT2D eigenvalue weighted by molar-refractivity contribution is 5.94. The Morgan fingerprint density at radius 3 is 1.97 bits per heavy atom. The fraction of sp³-hybridized carbons (Fsp3) is 0.577. The molecule has 0 spiro atoms. The third-order valence-electron chi connectivity index (χ3n) is 5.88. The molecule has 0 radical (unpaired) electrons. The van der Waals surface area contributed by atoms with Gasteiger partial charge in [0.2, 0.25) is 17.7 Å². The van der Waals surface area contributed by atoms with Crippen LogP contribution in [0.25, 0.3) is 0 Å². The number of hydrogen-bond acceptors (Lipinski definition) is 7. The van der Waals surface area contributed by atoms with Crippen LogP contribution in [0.1, 0.15) is 52.5 Å². The number of carboxylic acid groups (broad SMARTS) is 1. The summed E-state index contributed by atoms with van der Waals surface area (Å²) in [6, 6.07) is 1.87. The van der Waals surface area contributed by atoms with Crippen LogP contribution in [0.5, 0.6) is 5.75 Å². The van der Waals surface area contributed by atoms with E-state index in [2.05, 4.69) is 20.9 Å². The van der Waals surface area contributed by atoms with Crippen LogP contribution in [0.4, 0.5) is 0 Å². The van der Waals surface area contributed by atoms with Gasteiger partial charge in [0, 0.05) is 13.0 Å². The predicted molar refractivity (Wildman–Crippen MR) is 147 cm³/mol. The number of phenols is 1. The van der Waals surface area contributed by atoms with Gasteiger partial charge in [-0.15, -0.1) is 0 Å². The Bertz CT molecular complexity index is 993. The molecule has 4 unspecified atom stereocenters. The molecule has 0 aliphatic heterocycles. The largest absolute Gasteiger partial charge is 0.508 e. The SMILES string of the molecule is CC(C)CC(N)C(=O)NC(Cc1ccc(O)cc1)C(=O)NC(CCCN=C(N)N)C(=O)NC(C(=O)O)C(C)C. The van der Waals surface area contributed by atoms with E-state index in [1.54, 1.807) is 26.0 Å². The number of aliphatic imine (C=N–C) groups is 1. The number of nitrogens with two attached hydrogens (primary N) is 3. The number of carbonyl (C=O) groups is 4. The van der Waals surface area contributed by atoms with E-state index in [1.165, 1.54) is 12.1 Å². The fourth-order valence-electron chi connectivity index (χ4n) is 3.78. The van der Waals surface area contributed by atoms with Crippen LogP contribution < -0.4 is 33.2 Å². The summed E-state index contributed by atoms with van der Waals surface area (Å²) in [6.07, 6.45) is 0.870. The number of benzene rings is 1. The average molecular weight is 550 g/mol. The maximum Gasteiger partial charge on any atom is 0.326 e.